The Hall–Kier alpha value is -2.54. The minimum absolute atomic E-state index is 0.0466. The van der Waals surface area contributed by atoms with Crippen LogP contribution in [0.1, 0.15) is 25.3 Å². The fraction of sp³-hybridized carbons (Fsp3) is 0.391. The zero-order valence-corrected chi connectivity index (χ0v) is 22.0. The Morgan fingerprint density at radius 1 is 1.11 bits per heavy atom. The smallest absolute Gasteiger partial charge is 0.266 e. The number of nitrogens with one attached hydrogen (secondary N) is 3. The number of sulfonamides is 1. The third-order valence-corrected chi connectivity index (χ3v) is 8.35. The van der Waals surface area contributed by atoms with Gasteiger partial charge in [0.25, 0.3) is 10.0 Å². The van der Waals surface area contributed by atoms with E-state index in [1.165, 1.54) is 12.8 Å². The molecule has 0 aliphatic carbocycles. The summed E-state index contributed by atoms with van der Waals surface area (Å²) in [5, 5.41) is 6.76. The van der Waals surface area contributed by atoms with Crippen molar-refractivity contribution >= 4 is 49.7 Å². The molecule has 0 spiro atoms. The van der Waals surface area contributed by atoms with Gasteiger partial charge >= 0.3 is 0 Å². The van der Waals surface area contributed by atoms with E-state index in [-0.39, 0.29) is 17.4 Å². The average molecular weight is 557 g/mol. The molecule has 0 atom stereocenters. The Balaban J connectivity index is 1.41. The summed E-state index contributed by atoms with van der Waals surface area (Å²) in [6.45, 7) is 6.23. The second kappa shape index (κ2) is 11.7. The van der Waals surface area contributed by atoms with Gasteiger partial charge in [-0.1, -0.05) is 24.6 Å². The number of hydrogen-bond acceptors (Lipinski definition) is 8. The Kier molecular flexibility index (Phi) is 8.60. The second-order valence-corrected chi connectivity index (χ2v) is 11.6. The maximum Gasteiger partial charge on any atom is 0.266 e. The largest absolute Gasteiger partial charge is 0.383 e. The van der Waals surface area contributed by atoms with Crippen LogP contribution in [0.5, 0.6) is 0 Å². The molecule has 0 amide bonds. The van der Waals surface area contributed by atoms with E-state index in [9.17, 15) is 17.2 Å². The predicted molar refractivity (Wildman–Crippen MR) is 139 cm³/mol. The third-order valence-electron chi connectivity index (χ3n) is 6.06. The topological polar surface area (TPSA) is 99.2 Å². The monoisotopic (exact) mass is 556 g/mol. The lowest BCUT2D eigenvalue weighted by atomic mass is 9.99. The van der Waals surface area contributed by atoms with Gasteiger partial charge in [-0.3, -0.25) is 4.72 Å². The number of likely N-dealkylation sites (tertiary alicyclic amines) is 1. The molecule has 36 heavy (non-hydrogen) atoms. The molecule has 1 aromatic heterocycles. The van der Waals surface area contributed by atoms with Crippen LogP contribution in [0.4, 0.5) is 25.3 Å². The van der Waals surface area contributed by atoms with Crippen molar-refractivity contribution < 1.29 is 17.2 Å². The predicted octanol–water partition coefficient (Wildman–Crippen LogP) is 5.03. The number of halogens is 3. The first-order valence-corrected chi connectivity index (χ1v) is 14.1. The zero-order chi connectivity index (χ0) is 25.7. The van der Waals surface area contributed by atoms with Gasteiger partial charge in [-0.2, -0.15) is 4.37 Å². The summed E-state index contributed by atoms with van der Waals surface area (Å²) >= 11 is 6.96. The molecule has 0 bridgehead atoms. The Morgan fingerprint density at radius 3 is 2.61 bits per heavy atom. The van der Waals surface area contributed by atoms with Gasteiger partial charge in [0.2, 0.25) is 5.13 Å². The van der Waals surface area contributed by atoms with Crippen molar-refractivity contribution in [2.75, 3.05) is 41.5 Å². The van der Waals surface area contributed by atoms with E-state index in [0.717, 1.165) is 67.3 Å². The molecule has 2 heterocycles. The Labute approximate surface area is 218 Å². The van der Waals surface area contributed by atoms with E-state index in [2.05, 4.69) is 36.5 Å². The van der Waals surface area contributed by atoms with E-state index < -0.39 is 26.6 Å². The highest BCUT2D eigenvalue weighted by Gasteiger charge is 2.23. The highest BCUT2D eigenvalue weighted by Crippen LogP contribution is 2.27. The SMILES string of the molecule is CC1CCN(CCNc2cc(Cl)ccc2CNc2cc(F)c(S(=O)(=O)Nc3ncns3)cc2F)CC1. The van der Waals surface area contributed by atoms with Gasteiger partial charge in [0.1, 0.15) is 22.9 Å². The van der Waals surface area contributed by atoms with Crippen LogP contribution in [0.25, 0.3) is 0 Å². The van der Waals surface area contributed by atoms with Crippen molar-refractivity contribution in [1.29, 1.82) is 0 Å². The maximum absolute atomic E-state index is 14.8. The summed E-state index contributed by atoms with van der Waals surface area (Å²) < 4.78 is 60.1. The normalized spacial score (nSPS) is 15.1. The zero-order valence-electron chi connectivity index (χ0n) is 19.6. The molecule has 4 rings (SSSR count). The van der Waals surface area contributed by atoms with Gasteiger partial charge in [0.15, 0.2) is 0 Å². The number of piperidine rings is 1. The number of benzene rings is 2. The van der Waals surface area contributed by atoms with Crippen LogP contribution >= 0.6 is 23.1 Å². The minimum Gasteiger partial charge on any atom is -0.383 e. The molecule has 3 N–H and O–H groups in total. The van der Waals surface area contributed by atoms with Crippen molar-refractivity contribution in [3.63, 3.8) is 0 Å². The van der Waals surface area contributed by atoms with Crippen LogP contribution in [0, 0.1) is 17.6 Å². The quantitative estimate of drug-likeness (QED) is 0.322. The van der Waals surface area contributed by atoms with E-state index in [1.807, 2.05) is 0 Å². The highest BCUT2D eigenvalue weighted by atomic mass is 35.5. The minimum atomic E-state index is -4.37. The molecule has 0 unspecified atom stereocenters. The van der Waals surface area contributed by atoms with Crippen molar-refractivity contribution in [2.45, 2.75) is 31.2 Å². The van der Waals surface area contributed by atoms with Crippen LogP contribution in [0.15, 0.2) is 41.6 Å². The number of aromatic nitrogens is 2. The standard InChI is InChI=1S/C23H27ClF2N6O2S2/c1-15-4-7-32(8-5-15)9-6-27-20-10-17(24)3-2-16(20)13-28-21-11-19(26)22(12-18(21)25)36(33,34)31-23-29-14-30-35-23/h2-3,10-12,14-15,27-28H,4-9,13H2,1H3,(H,29,30,31). The average Bonchev–Trinajstić information content (AvgIpc) is 3.34. The maximum atomic E-state index is 14.8. The first-order chi connectivity index (χ1) is 17.2. The molecule has 8 nitrogen and oxygen atoms in total. The molecular weight excluding hydrogens is 530 g/mol. The highest BCUT2D eigenvalue weighted by molar-refractivity contribution is 7.93. The number of nitrogens with zero attached hydrogens (tertiary/aromatic N) is 3. The fourth-order valence-corrected chi connectivity index (χ4v) is 5.86. The van der Waals surface area contributed by atoms with Gasteiger partial charge in [0.05, 0.1) is 5.69 Å². The van der Waals surface area contributed by atoms with E-state index in [4.69, 9.17) is 11.6 Å². The molecule has 1 aliphatic rings. The first-order valence-electron chi connectivity index (χ1n) is 11.5. The van der Waals surface area contributed by atoms with Crippen molar-refractivity contribution in [3.05, 3.63) is 58.9 Å². The molecule has 0 saturated carbocycles. The molecule has 1 aliphatic heterocycles. The van der Waals surface area contributed by atoms with Crippen LogP contribution in [0.2, 0.25) is 5.02 Å². The third kappa shape index (κ3) is 6.81. The number of anilines is 3. The van der Waals surface area contributed by atoms with Crippen LogP contribution in [0.3, 0.4) is 0 Å². The molecule has 3 aromatic rings. The number of rotatable bonds is 10. The van der Waals surface area contributed by atoms with Gasteiger partial charge in [-0.25, -0.2) is 22.2 Å². The summed E-state index contributed by atoms with van der Waals surface area (Å²) in [6, 6.07) is 6.79. The van der Waals surface area contributed by atoms with E-state index in [0.29, 0.717) is 11.1 Å². The van der Waals surface area contributed by atoms with Gasteiger partial charge < -0.3 is 15.5 Å². The molecule has 1 saturated heterocycles. The lowest BCUT2D eigenvalue weighted by Gasteiger charge is -2.30. The molecule has 2 aromatic carbocycles. The van der Waals surface area contributed by atoms with Crippen molar-refractivity contribution in [3.8, 4) is 0 Å². The summed E-state index contributed by atoms with van der Waals surface area (Å²) in [4.78, 5) is 5.30. The van der Waals surface area contributed by atoms with Gasteiger partial charge in [-0.15, -0.1) is 0 Å². The molecule has 1 fully saturated rings. The van der Waals surface area contributed by atoms with Crippen molar-refractivity contribution in [2.24, 2.45) is 5.92 Å². The van der Waals surface area contributed by atoms with Crippen molar-refractivity contribution in [1.82, 2.24) is 14.3 Å². The molecular formula is C23H27ClF2N6O2S2. The molecule has 194 valence electrons. The first kappa shape index (κ1) is 26.5. The van der Waals surface area contributed by atoms with Gasteiger partial charge in [0, 0.05) is 47.9 Å². The lowest BCUT2D eigenvalue weighted by molar-refractivity contribution is 0.199. The van der Waals surface area contributed by atoms with Crippen LogP contribution < -0.4 is 15.4 Å². The van der Waals surface area contributed by atoms with Gasteiger partial charge in [-0.05, 0) is 55.6 Å². The fourth-order valence-electron chi connectivity index (χ4n) is 3.95. The molecule has 13 heteroatoms. The second-order valence-electron chi connectivity index (χ2n) is 8.72. The summed E-state index contributed by atoms with van der Waals surface area (Å²) in [5.41, 5.74) is 1.44. The van der Waals surface area contributed by atoms with E-state index >= 15 is 0 Å². The lowest BCUT2D eigenvalue weighted by Crippen LogP contribution is -2.36. The Bertz CT molecular complexity index is 1290. The number of hydrogen-bond donors (Lipinski definition) is 3. The molecule has 0 radical (unpaired) electrons. The summed E-state index contributed by atoms with van der Waals surface area (Å²) in [7, 11) is -4.37. The van der Waals surface area contributed by atoms with E-state index in [1.54, 1.807) is 18.2 Å². The van der Waals surface area contributed by atoms with Crippen LogP contribution in [-0.4, -0.2) is 48.9 Å². The summed E-state index contributed by atoms with van der Waals surface area (Å²) in [5.74, 6) is -1.23. The van der Waals surface area contributed by atoms with Crippen LogP contribution in [-0.2, 0) is 16.6 Å². The Morgan fingerprint density at radius 2 is 1.89 bits per heavy atom. The summed E-state index contributed by atoms with van der Waals surface area (Å²) in [6.07, 6.45) is 3.56.